The van der Waals surface area contributed by atoms with Crippen molar-refractivity contribution in [1.82, 2.24) is 19.7 Å². The molecular weight excluding hydrogens is 422 g/mol. The smallest absolute Gasteiger partial charge is 0.280 e. The SMILES string of the molecule is CCOc1ccc2nc(N(CCN(CC)CC)C(=O)c3nn(C)cc3C)sc2c1.Cl. The first-order valence-electron chi connectivity index (χ1n) is 10.0. The van der Waals surface area contributed by atoms with Crippen LogP contribution in [0.25, 0.3) is 10.2 Å². The summed E-state index contributed by atoms with van der Waals surface area (Å²) in [6.45, 7) is 12.0. The van der Waals surface area contributed by atoms with E-state index in [1.807, 2.05) is 45.3 Å². The number of likely N-dealkylation sites (N-methyl/N-ethyl adjacent to an activating group) is 1. The summed E-state index contributed by atoms with van der Waals surface area (Å²) >= 11 is 1.51. The maximum absolute atomic E-state index is 13.4. The average molecular weight is 452 g/mol. The van der Waals surface area contributed by atoms with Crippen LogP contribution in [0.1, 0.15) is 36.8 Å². The van der Waals surface area contributed by atoms with Gasteiger partial charge < -0.3 is 9.64 Å². The van der Waals surface area contributed by atoms with E-state index in [4.69, 9.17) is 9.72 Å². The molecule has 0 atom stereocenters. The highest BCUT2D eigenvalue weighted by molar-refractivity contribution is 7.22. The molecule has 3 rings (SSSR count). The van der Waals surface area contributed by atoms with E-state index in [1.54, 1.807) is 9.58 Å². The van der Waals surface area contributed by atoms with E-state index in [2.05, 4.69) is 23.8 Å². The number of aromatic nitrogens is 3. The Kier molecular flexibility index (Phi) is 8.64. The molecule has 0 aliphatic carbocycles. The standard InChI is InChI=1S/C21H29N5O2S.ClH/c1-6-25(7-2)11-12-26(20(27)19-15(4)14-24(5)23-19)21-22-17-10-9-16(28-8-3)13-18(17)29-21;/h9-10,13-14H,6-8,11-12H2,1-5H3;1H. The number of aryl methyl sites for hydroxylation is 2. The Labute approximate surface area is 188 Å². The summed E-state index contributed by atoms with van der Waals surface area (Å²) in [7, 11) is 1.83. The molecule has 0 radical (unpaired) electrons. The third-order valence-electron chi connectivity index (χ3n) is 4.88. The predicted molar refractivity (Wildman–Crippen MR) is 125 cm³/mol. The highest BCUT2D eigenvalue weighted by atomic mass is 35.5. The summed E-state index contributed by atoms with van der Waals surface area (Å²) < 4.78 is 8.29. The van der Waals surface area contributed by atoms with Crippen LogP contribution in [0.3, 0.4) is 0 Å². The molecule has 0 fully saturated rings. The van der Waals surface area contributed by atoms with Gasteiger partial charge >= 0.3 is 0 Å². The maximum atomic E-state index is 13.4. The molecule has 9 heteroatoms. The molecule has 0 saturated heterocycles. The topological polar surface area (TPSA) is 63.5 Å². The van der Waals surface area contributed by atoms with E-state index in [1.165, 1.54) is 11.3 Å². The fraction of sp³-hybridized carbons (Fsp3) is 0.476. The Morgan fingerprint density at radius 1 is 1.20 bits per heavy atom. The average Bonchev–Trinajstić information content (AvgIpc) is 3.27. The maximum Gasteiger partial charge on any atom is 0.280 e. The van der Waals surface area contributed by atoms with E-state index in [0.29, 0.717) is 24.0 Å². The fourth-order valence-electron chi connectivity index (χ4n) is 3.28. The largest absolute Gasteiger partial charge is 0.494 e. The van der Waals surface area contributed by atoms with Gasteiger partial charge in [-0.3, -0.25) is 14.4 Å². The van der Waals surface area contributed by atoms with Crippen molar-refractivity contribution in [3.63, 3.8) is 0 Å². The molecule has 164 valence electrons. The summed E-state index contributed by atoms with van der Waals surface area (Å²) in [6.07, 6.45) is 1.86. The van der Waals surface area contributed by atoms with Crippen molar-refractivity contribution < 1.29 is 9.53 Å². The third-order valence-corrected chi connectivity index (χ3v) is 5.93. The van der Waals surface area contributed by atoms with Gasteiger partial charge in [0, 0.05) is 31.9 Å². The summed E-state index contributed by atoms with van der Waals surface area (Å²) in [4.78, 5) is 22.2. The Bertz CT molecular complexity index is 983. The molecule has 0 unspecified atom stereocenters. The number of hydrogen-bond donors (Lipinski definition) is 0. The lowest BCUT2D eigenvalue weighted by atomic mass is 10.2. The molecule has 1 amide bonds. The summed E-state index contributed by atoms with van der Waals surface area (Å²) in [5.74, 6) is 0.705. The molecule has 2 aromatic heterocycles. The lowest BCUT2D eigenvalue weighted by Gasteiger charge is -2.24. The zero-order valence-electron chi connectivity index (χ0n) is 18.2. The molecule has 0 aliphatic heterocycles. The van der Waals surface area contributed by atoms with E-state index >= 15 is 0 Å². The minimum Gasteiger partial charge on any atom is -0.494 e. The second kappa shape index (κ2) is 10.7. The first-order valence-corrected chi connectivity index (χ1v) is 10.9. The predicted octanol–water partition coefficient (Wildman–Crippen LogP) is 4.15. The van der Waals surface area contributed by atoms with E-state index < -0.39 is 0 Å². The van der Waals surface area contributed by atoms with Crippen molar-refractivity contribution in [3.8, 4) is 5.75 Å². The number of anilines is 1. The van der Waals surface area contributed by atoms with Crippen LogP contribution in [0.2, 0.25) is 0 Å². The molecular formula is C21H30ClN5O2S. The van der Waals surface area contributed by atoms with Crippen molar-refractivity contribution >= 4 is 45.0 Å². The van der Waals surface area contributed by atoms with Gasteiger partial charge in [0.15, 0.2) is 10.8 Å². The number of amides is 1. The molecule has 3 aromatic rings. The van der Waals surface area contributed by atoms with Gasteiger partial charge in [0.25, 0.3) is 5.91 Å². The number of ether oxygens (including phenoxy) is 1. The molecule has 0 saturated carbocycles. The van der Waals surface area contributed by atoms with Gasteiger partial charge in [-0.05, 0) is 45.1 Å². The van der Waals surface area contributed by atoms with Crippen LogP contribution in [0, 0.1) is 6.92 Å². The minimum absolute atomic E-state index is 0. The van der Waals surface area contributed by atoms with Crippen molar-refractivity contribution in [2.75, 3.05) is 37.7 Å². The second-order valence-corrected chi connectivity index (χ2v) is 7.89. The normalized spacial score (nSPS) is 11.0. The number of benzene rings is 1. The highest BCUT2D eigenvalue weighted by Crippen LogP contribution is 2.32. The number of halogens is 1. The second-order valence-electron chi connectivity index (χ2n) is 6.88. The molecule has 2 heterocycles. The molecule has 0 aliphatic rings. The quantitative estimate of drug-likeness (QED) is 0.489. The van der Waals surface area contributed by atoms with Crippen LogP contribution >= 0.6 is 23.7 Å². The van der Waals surface area contributed by atoms with E-state index in [-0.39, 0.29) is 18.3 Å². The van der Waals surface area contributed by atoms with E-state index in [9.17, 15) is 4.79 Å². The molecule has 1 aromatic carbocycles. The molecule has 0 bridgehead atoms. The molecule has 7 nitrogen and oxygen atoms in total. The summed E-state index contributed by atoms with van der Waals surface area (Å²) in [5, 5.41) is 5.08. The van der Waals surface area contributed by atoms with Crippen molar-refractivity contribution in [3.05, 3.63) is 35.7 Å². The monoisotopic (exact) mass is 451 g/mol. The van der Waals surface area contributed by atoms with Crippen LogP contribution in [0.4, 0.5) is 5.13 Å². The van der Waals surface area contributed by atoms with Crippen molar-refractivity contribution in [1.29, 1.82) is 0 Å². The zero-order valence-corrected chi connectivity index (χ0v) is 19.8. The van der Waals surface area contributed by atoms with Crippen molar-refractivity contribution in [2.24, 2.45) is 7.05 Å². The number of carbonyl (C=O) groups is 1. The van der Waals surface area contributed by atoms with Gasteiger partial charge in [0.1, 0.15) is 5.75 Å². The fourth-order valence-corrected chi connectivity index (χ4v) is 4.29. The first kappa shape index (κ1) is 24.1. The number of nitrogens with zero attached hydrogens (tertiary/aromatic N) is 5. The Hall–Kier alpha value is -2.16. The Balaban J connectivity index is 0.00000320. The van der Waals surface area contributed by atoms with Gasteiger partial charge in [-0.15, -0.1) is 12.4 Å². The Morgan fingerprint density at radius 3 is 2.53 bits per heavy atom. The van der Waals surface area contributed by atoms with Crippen LogP contribution in [-0.4, -0.2) is 58.4 Å². The minimum atomic E-state index is -0.112. The number of rotatable bonds is 9. The summed E-state index contributed by atoms with van der Waals surface area (Å²) in [6, 6.07) is 5.85. The number of carbonyl (C=O) groups excluding carboxylic acids is 1. The molecule has 0 spiro atoms. The summed E-state index contributed by atoms with van der Waals surface area (Å²) in [5.41, 5.74) is 2.21. The Morgan fingerprint density at radius 2 is 1.93 bits per heavy atom. The van der Waals surface area contributed by atoms with Gasteiger partial charge in [0.05, 0.1) is 16.8 Å². The van der Waals surface area contributed by atoms with Gasteiger partial charge in [-0.2, -0.15) is 5.10 Å². The third kappa shape index (κ3) is 5.30. The lowest BCUT2D eigenvalue weighted by molar-refractivity contribution is 0.0977. The highest BCUT2D eigenvalue weighted by Gasteiger charge is 2.25. The van der Waals surface area contributed by atoms with Crippen LogP contribution in [-0.2, 0) is 7.05 Å². The number of thiazole rings is 1. The van der Waals surface area contributed by atoms with Crippen LogP contribution in [0.15, 0.2) is 24.4 Å². The van der Waals surface area contributed by atoms with E-state index in [0.717, 1.165) is 41.2 Å². The number of hydrogen-bond acceptors (Lipinski definition) is 6. The van der Waals surface area contributed by atoms with Crippen LogP contribution in [0.5, 0.6) is 5.75 Å². The van der Waals surface area contributed by atoms with Gasteiger partial charge in [-0.1, -0.05) is 25.2 Å². The van der Waals surface area contributed by atoms with Crippen molar-refractivity contribution in [2.45, 2.75) is 27.7 Å². The van der Waals surface area contributed by atoms with Gasteiger partial charge in [0.2, 0.25) is 0 Å². The first-order chi connectivity index (χ1) is 14.0. The number of fused-ring (bicyclic) bond motifs is 1. The zero-order chi connectivity index (χ0) is 21.0. The van der Waals surface area contributed by atoms with Gasteiger partial charge in [-0.25, -0.2) is 4.98 Å². The van der Waals surface area contributed by atoms with Crippen LogP contribution < -0.4 is 9.64 Å². The molecule has 30 heavy (non-hydrogen) atoms. The molecule has 0 N–H and O–H groups in total. The lowest BCUT2D eigenvalue weighted by Crippen LogP contribution is -2.39.